The molecule has 0 aromatic heterocycles. The summed E-state index contributed by atoms with van der Waals surface area (Å²) in [7, 11) is -3.93. The van der Waals surface area contributed by atoms with Crippen LogP contribution >= 0.6 is 0 Å². The van der Waals surface area contributed by atoms with Gasteiger partial charge in [-0.05, 0) is 24.6 Å². The number of non-ortho nitro benzene ring substituents is 1. The number of hydrogen-bond acceptors (Lipinski definition) is 5. The summed E-state index contributed by atoms with van der Waals surface area (Å²) in [5, 5.41) is 10.9. The van der Waals surface area contributed by atoms with Crippen molar-refractivity contribution in [1.82, 2.24) is 4.31 Å². The molecule has 0 N–H and O–H groups in total. The number of Topliss-reactive ketones (excluding diaryl/α,β-unsaturated/α-hetero) is 1. The van der Waals surface area contributed by atoms with Crippen molar-refractivity contribution < 1.29 is 18.1 Å². The van der Waals surface area contributed by atoms with Crippen molar-refractivity contribution in [3.05, 3.63) is 106 Å². The number of sulfonamides is 1. The van der Waals surface area contributed by atoms with Gasteiger partial charge in [-0.15, -0.1) is 0 Å². The van der Waals surface area contributed by atoms with Gasteiger partial charge in [0.25, 0.3) is 5.69 Å². The van der Waals surface area contributed by atoms with Gasteiger partial charge in [0.05, 0.1) is 15.9 Å². The highest BCUT2D eigenvalue weighted by atomic mass is 32.2. The Kier molecular flexibility index (Phi) is 4.97. The Morgan fingerprint density at radius 2 is 1.53 bits per heavy atom. The number of nitro groups is 1. The van der Waals surface area contributed by atoms with E-state index < -0.39 is 27.0 Å². The average Bonchev–Trinajstić information content (AvgIpc) is 3.51. The number of aryl methyl sites for hydroxylation is 1. The lowest BCUT2D eigenvalue weighted by molar-refractivity contribution is -0.384. The van der Waals surface area contributed by atoms with Crippen LogP contribution in [-0.4, -0.2) is 29.5 Å². The van der Waals surface area contributed by atoms with Crippen molar-refractivity contribution in [2.45, 2.75) is 23.9 Å². The summed E-state index contributed by atoms with van der Waals surface area (Å²) < 4.78 is 27.7. The Hall–Kier alpha value is -3.36. The molecule has 0 aliphatic carbocycles. The first-order valence-corrected chi connectivity index (χ1v) is 10.7. The zero-order valence-electron chi connectivity index (χ0n) is 16.0. The third kappa shape index (κ3) is 3.51. The number of hydrogen-bond donors (Lipinski definition) is 0. The van der Waals surface area contributed by atoms with E-state index in [0.717, 1.165) is 5.56 Å². The molecule has 1 fully saturated rings. The first-order valence-electron chi connectivity index (χ1n) is 9.24. The predicted octanol–water partition coefficient (Wildman–Crippen LogP) is 3.90. The number of nitrogens with zero attached hydrogens (tertiary/aromatic N) is 2. The fourth-order valence-corrected chi connectivity index (χ4v) is 5.21. The van der Waals surface area contributed by atoms with Gasteiger partial charge in [-0.2, -0.15) is 4.31 Å². The van der Waals surface area contributed by atoms with Gasteiger partial charge in [0, 0.05) is 17.7 Å². The van der Waals surface area contributed by atoms with Crippen LogP contribution in [0, 0.1) is 17.0 Å². The van der Waals surface area contributed by atoms with Gasteiger partial charge in [0.1, 0.15) is 6.04 Å². The van der Waals surface area contributed by atoms with Crippen LogP contribution in [0.25, 0.3) is 0 Å². The molecule has 8 heteroatoms. The minimum atomic E-state index is -3.93. The first kappa shape index (κ1) is 19.9. The Labute approximate surface area is 173 Å². The molecule has 1 aliphatic rings. The van der Waals surface area contributed by atoms with E-state index in [4.69, 9.17) is 0 Å². The standard InChI is InChI=1S/C22H18N2O5S/c1-15-7-13-19(14-8-15)30(28,29)23-20(16-9-11-18(12-10-16)24(26)27)21(23)22(25)17-5-3-2-4-6-17/h2-14,20-21H,1H3. The largest absolute Gasteiger partial charge is 0.292 e. The summed E-state index contributed by atoms with van der Waals surface area (Å²) in [6.07, 6.45) is 0. The quantitative estimate of drug-likeness (QED) is 0.260. The van der Waals surface area contributed by atoms with E-state index in [1.54, 1.807) is 42.5 Å². The average molecular weight is 422 g/mol. The molecule has 1 aliphatic heterocycles. The number of rotatable bonds is 6. The fraction of sp³-hybridized carbons (Fsp3) is 0.136. The maximum atomic E-state index is 13.3. The molecule has 0 saturated carbocycles. The van der Waals surface area contributed by atoms with Crippen LogP contribution in [0.15, 0.2) is 83.8 Å². The number of ketones is 1. The lowest BCUT2D eigenvalue weighted by atomic mass is 10.0. The van der Waals surface area contributed by atoms with Crippen LogP contribution in [0.5, 0.6) is 0 Å². The monoisotopic (exact) mass is 422 g/mol. The molecular formula is C22H18N2O5S. The maximum Gasteiger partial charge on any atom is 0.269 e. The van der Waals surface area contributed by atoms with Crippen LogP contribution in [0.1, 0.15) is 27.5 Å². The van der Waals surface area contributed by atoms with Gasteiger partial charge in [0.15, 0.2) is 5.78 Å². The second-order valence-corrected chi connectivity index (χ2v) is 8.96. The summed E-state index contributed by atoms with van der Waals surface area (Å²) in [5.74, 6) is -0.311. The molecule has 7 nitrogen and oxygen atoms in total. The lowest BCUT2D eigenvalue weighted by Crippen LogP contribution is -2.19. The Morgan fingerprint density at radius 1 is 0.933 bits per heavy atom. The highest BCUT2D eigenvalue weighted by molar-refractivity contribution is 7.89. The van der Waals surface area contributed by atoms with Crippen LogP contribution < -0.4 is 0 Å². The van der Waals surface area contributed by atoms with Crippen molar-refractivity contribution in [1.29, 1.82) is 0 Å². The maximum absolute atomic E-state index is 13.3. The van der Waals surface area contributed by atoms with Gasteiger partial charge < -0.3 is 0 Å². The molecule has 4 rings (SSSR count). The van der Waals surface area contributed by atoms with Crippen molar-refractivity contribution in [3.63, 3.8) is 0 Å². The van der Waals surface area contributed by atoms with Gasteiger partial charge in [0.2, 0.25) is 10.0 Å². The topological polar surface area (TPSA) is 97.4 Å². The molecule has 0 amide bonds. The molecule has 1 heterocycles. The SMILES string of the molecule is Cc1ccc(S(=O)(=O)N2C(C(=O)c3ccccc3)C2c2ccc([N+](=O)[O-])cc2)cc1. The number of benzene rings is 3. The van der Waals surface area contributed by atoms with Gasteiger partial charge in [-0.25, -0.2) is 8.42 Å². The van der Waals surface area contributed by atoms with Crippen molar-refractivity contribution in [2.24, 2.45) is 0 Å². The number of carbonyl (C=O) groups is 1. The highest BCUT2D eigenvalue weighted by Gasteiger charge is 2.60. The van der Waals surface area contributed by atoms with Crippen LogP contribution in [0.4, 0.5) is 5.69 Å². The number of carbonyl (C=O) groups excluding carboxylic acids is 1. The van der Waals surface area contributed by atoms with E-state index in [1.165, 1.54) is 40.7 Å². The van der Waals surface area contributed by atoms with Gasteiger partial charge in [-0.1, -0.05) is 60.2 Å². The smallest absolute Gasteiger partial charge is 0.269 e. The number of nitro benzene ring substituents is 1. The van der Waals surface area contributed by atoms with Gasteiger partial charge in [-0.3, -0.25) is 14.9 Å². The molecule has 0 radical (unpaired) electrons. The normalized spacial score (nSPS) is 20.5. The highest BCUT2D eigenvalue weighted by Crippen LogP contribution is 2.49. The zero-order valence-corrected chi connectivity index (χ0v) is 16.8. The third-order valence-electron chi connectivity index (χ3n) is 5.13. The van der Waals surface area contributed by atoms with E-state index in [1.807, 2.05) is 6.92 Å². The van der Waals surface area contributed by atoms with Crippen LogP contribution in [-0.2, 0) is 10.0 Å². The summed E-state index contributed by atoms with van der Waals surface area (Å²) >= 11 is 0. The summed E-state index contributed by atoms with van der Waals surface area (Å²) in [5.41, 5.74) is 1.77. The van der Waals surface area contributed by atoms with Crippen molar-refractivity contribution >= 4 is 21.5 Å². The molecule has 152 valence electrons. The molecule has 3 atom stereocenters. The lowest BCUT2D eigenvalue weighted by Gasteiger charge is -2.07. The Bertz CT molecular complexity index is 1210. The first-order chi connectivity index (χ1) is 14.3. The van der Waals surface area contributed by atoms with E-state index in [-0.39, 0.29) is 16.4 Å². The van der Waals surface area contributed by atoms with Crippen molar-refractivity contribution in [2.75, 3.05) is 0 Å². The van der Waals surface area contributed by atoms with Crippen molar-refractivity contribution in [3.8, 4) is 0 Å². The van der Waals surface area contributed by atoms with E-state index in [0.29, 0.717) is 11.1 Å². The molecule has 3 aromatic rings. The van der Waals surface area contributed by atoms with E-state index in [9.17, 15) is 23.3 Å². The molecule has 30 heavy (non-hydrogen) atoms. The second-order valence-electron chi connectivity index (χ2n) is 7.12. The van der Waals surface area contributed by atoms with E-state index >= 15 is 0 Å². The molecule has 3 aromatic carbocycles. The third-order valence-corrected chi connectivity index (χ3v) is 7.00. The second kappa shape index (κ2) is 7.47. The molecular weight excluding hydrogens is 404 g/mol. The minimum Gasteiger partial charge on any atom is -0.292 e. The van der Waals surface area contributed by atoms with Crippen LogP contribution in [0.2, 0.25) is 0 Å². The minimum absolute atomic E-state index is 0.0988. The molecule has 0 spiro atoms. The Morgan fingerprint density at radius 3 is 2.10 bits per heavy atom. The molecule has 1 saturated heterocycles. The summed E-state index contributed by atoms with van der Waals surface area (Å²) in [6.45, 7) is 1.86. The zero-order chi connectivity index (χ0) is 21.5. The predicted molar refractivity (Wildman–Crippen MR) is 111 cm³/mol. The molecule has 3 unspecified atom stereocenters. The molecule has 0 bridgehead atoms. The van der Waals surface area contributed by atoms with E-state index in [2.05, 4.69) is 0 Å². The van der Waals surface area contributed by atoms with Crippen LogP contribution in [0.3, 0.4) is 0 Å². The summed E-state index contributed by atoms with van der Waals surface area (Å²) in [4.78, 5) is 23.6. The fourth-order valence-electron chi connectivity index (χ4n) is 3.50. The van der Waals surface area contributed by atoms with Gasteiger partial charge >= 0.3 is 0 Å². The Balaban J connectivity index is 1.74. The summed E-state index contributed by atoms with van der Waals surface area (Å²) in [6, 6.07) is 18.9.